The van der Waals surface area contributed by atoms with Gasteiger partial charge in [0.05, 0.1) is 24.9 Å². The lowest BCUT2D eigenvalue weighted by molar-refractivity contribution is 0.232. The van der Waals surface area contributed by atoms with Crippen molar-refractivity contribution in [2.75, 3.05) is 19.5 Å². The van der Waals surface area contributed by atoms with E-state index in [4.69, 9.17) is 21.1 Å². The summed E-state index contributed by atoms with van der Waals surface area (Å²) < 4.78 is 10.4. The first-order valence-corrected chi connectivity index (χ1v) is 7.92. The van der Waals surface area contributed by atoms with Crippen LogP contribution in [0.2, 0.25) is 5.02 Å². The molecule has 1 aliphatic rings. The summed E-state index contributed by atoms with van der Waals surface area (Å²) >= 11 is 6.06. The van der Waals surface area contributed by atoms with Gasteiger partial charge < -0.3 is 20.1 Å². The Morgan fingerprint density at radius 2 is 1.86 bits per heavy atom. The molecule has 1 saturated carbocycles. The molecule has 6 heteroatoms. The van der Waals surface area contributed by atoms with Gasteiger partial charge in [0.25, 0.3) is 0 Å². The lowest BCUT2D eigenvalue weighted by Crippen LogP contribution is -2.43. The predicted molar refractivity (Wildman–Crippen MR) is 88.1 cm³/mol. The number of nitrogens with one attached hydrogen (secondary N) is 2. The van der Waals surface area contributed by atoms with Crippen molar-refractivity contribution in [1.82, 2.24) is 5.32 Å². The van der Waals surface area contributed by atoms with Crippen molar-refractivity contribution in [2.45, 2.75) is 38.6 Å². The van der Waals surface area contributed by atoms with Gasteiger partial charge in [0.15, 0.2) is 0 Å². The molecule has 2 atom stereocenters. The van der Waals surface area contributed by atoms with Gasteiger partial charge in [-0.25, -0.2) is 4.79 Å². The van der Waals surface area contributed by atoms with E-state index in [0.29, 0.717) is 28.1 Å². The van der Waals surface area contributed by atoms with E-state index in [9.17, 15) is 4.79 Å². The summed E-state index contributed by atoms with van der Waals surface area (Å²) in [4.78, 5) is 12.2. The summed E-state index contributed by atoms with van der Waals surface area (Å²) in [7, 11) is 3.06. The van der Waals surface area contributed by atoms with Crippen LogP contribution >= 0.6 is 11.6 Å². The second-order valence-electron chi connectivity index (χ2n) is 5.65. The number of anilines is 1. The SMILES string of the molecule is COc1cc(NC(=O)NC2CCCCC2C)c(OC)cc1Cl. The Morgan fingerprint density at radius 1 is 1.18 bits per heavy atom. The largest absolute Gasteiger partial charge is 0.495 e. The minimum Gasteiger partial charge on any atom is -0.495 e. The zero-order chi connectivity index (χ0) is 16.1. The van der Waals surface area contributed by atoms with Crippen LogP contribution in [0.1, 0.15) is 32.6 Å². The van der Waals surface area contributed by atoms with Crippen LogP contribution in [0.3, 0.4) is 0 Å². The first-order valence-electron chi connectivity index (χ1n) is 7.54. The van der Waals surface area contributed by atoms with E-state index < -0.39 is 0 Å². The number of urea groups is 1. The quantitative estimate of drug-likeness (QED) is 0.877. The van der Waals surface area contributed by atoms with Crippen LogP contribution < -0.4 is 20.1 Å². The molecule has 22 heavy (non-hydrogen) atoms. The fourth-order valence-electron chi connectivity index (χ4n) is 2.82. The number of hydrogen-bond donors (Lipinski definition) is 2. The van der Waals surface area contributed by atoms with Crippen LogP contribution in [0.5, 0.6) is 11.5 Å². The van der Waals surface area contributed by atoms with Crippen molar-refractivity contribution in [3.05, 3.63) is 17.2 Å². The molecule has 122 valence electrons. The summed E-state index contributed by atoms with van der Waals surface area (Å²) in [6.45, 7) is 2.18. The Hall–Kier alpha value is -1.62. The van der Waals surface area contributed by atoms with Crippen molar-refractivity contribution in [3.63, 3.8) is 0 Å². The molecule has 0 saturated heterocycles. The van der Waals surface area contributed by atoms with Crippen LogP contribution in [0.4, 0.5) is 10.5 Å². The van der Waals surface area contributed by atoms with Gasteiger partial charge in [-0.3, -0.25) is 0 Å². The molecule has 1 fully saturated rings. The highest BCUT2D eigenvalue weighted by Crippen LogP contribution is 2.35. The van der Waals surface area contributed by atoms with Crippen LogP contribution in [-0.2, 0) is 0 Å². The minimum absolute atomic E-state index is 0.217. The van der Waals surface area contributed by atoms with Gasteiger partial charge in [-0.05, 0) is 18.8 Å². The third-order valence-corrected chi connectivity index (χ3v) is 4.45. The first kappa shape index (κ1) is 16.7. The molecule has 2 unspecified atom stereocenters. The second-order valence-corrected chi connectivity index (χ2v) is 6.06. The van der Waals surface area contributed by atoms with Gasteiger partial charge in [0.1, 0.15) is 11.5 Å². The topological polar surface area (TPSA) is 59.6 Å². The predicted octanol–water partition coefficient (Wildman–Crippen LogP) is 4.06. The van der Waals surface area contributed by atoms with Gasteiger partial charge >= 0.3 is 6.03 Å². The van der Waals surface area contributed by atoms with Gasteiger partial charge in [-0.15, -0.1) is 0 Å². The van der Waals surface area contributed by atoms with Crippen molar-refractivity contribution < 1.29 is 14.3 Å². The Labute approximate surface area is 136 Å². The monoisotopic (exact) mass is 326 g/mol. The Balaban J connectivity index is 2.07. The normalized spacial score (nSPS) is 21.1. The summed E-state index contributed by atoms with van der Waals surface area (Å²) in [5.41, 5.74) is 0.532. The van der Waals surface area contributed by atoms with Gasteiger partial charge in [0, 0.05) is 18.2 Å². The summed E-state index contributed by atoms with van der Waals surface area (Å²) in [5, 5.41) is 6.29. The number of carbonyl (C=O) groups excluding carboxylic acids is 1. The van der Waals surface area contributed by atoms with Gasteiger partial charge in [-0.1, -0.05) is 31.4 Å². The molecule has 0 heterocycles. The summed E-state index contributed by atoms with van der Waals surface area (Å²) in [6, 6.07) is 3.26. The lowest BCUT2D eigenvalue weighted by atomic mass is 9.86. The van der Waals surface area contributed by atoms with Crippen molar-refractivity contribution in [2.24, 2.45) is 5.92 Å². The van der Waals surface area contributed by atoms with E-state index >= 15 is 0 Å². The third kappa shape index (κ3) is 3.97. The molecule has 0 bridgehead atoms. The molecule has 1 aromatic rings. The second kappa shape index (κ2) is 7.58. The first-order chi connectivity index (χ1) is 10.5. The average Bonchev–Trinajstić information content (AvgIpc) is 2.50. The molecule has 1 aliphatic carbocycles. The molecule has 0 aromatic heterocycles. The average molecular weight is 327 g/mol. The minimum atomic E-state index is -0.235. The van der Waals surface area contributed by atoms with Crippen molar-refractivity contribution in [1.29, 1.82) is 0 Å². The summed E-state index contributed by atoms with van der Waals surface area (Å²) in [6.07, 6.45) is 4.58. The molecule has 5 nitrogen and oxygen atoms in total. The highest BCUT2D eigenvalue weighted by Gasteiger charge is 2.23. The van der Waals surface area contributed by atoms with Gasteiger partial charge in [0.2, 0.25) is 0 Å². The smallest absolute Gasteiger partial charge is 0.319 e. The number of amides is 2. The highest BCUT2D eigenvalue weighted by molar-refractivity contribution is 6.32. The maximum atomic E-state index is 12.2. The van der Waals surface area contributed by atoms with Crippen LogP contribution in [0.25, 0.3) is 0 Å². The molecule has 2 N–H and O–H groups in total. The van der Waals surface area contributed by atoms with E-state index in [1.54, 1.807) is 12.1 Å². The number of rotatable bonds is 4. The highest BCUT2D eigenvalue weighted by atomic mass is 35.5. The number of benzene rings is 1. The maximum absolute atomic E-state index is 12.2. The van der Waals surface area contributed by atoms with E-state index in [-0.39, 0.29) is 12.1 Å². The van der Waals surface area contributed by atoms with Crippen molar-refractivity contribution >= 4 is 23.3 Å². The zero-order valence-electron chi connectivity index (χ0n) is 13.2. The fourth-order valence-corrected chi connectivity index (χ4v) is 3.05. The standard InChI is InChI=1S/C16H23ClN2O3/c1-10-6-4-5-7-12(10)18-16(20)19-13-9-14(21-2)11(17)8-15(13)22-3/h8-10,12H,4-7H2,1-3H3,(H2,18,19,20). The maximum Gasteiger partial charge on any atom is 0.319 e. The Bertz CT molecular complexity index is 536. The van der Waals surface area contributed by atoms with E-state index in [2.05, 4.69) is 17.6 Å². The Kier molecular flexibility index (Phi) is 5.77. The third-order valence-electron chi connectivity index (χ3n) is 4.15. The van der Waals surface area contributed by atoms with E-state index in [1.165, 1.54) is 20.6 Å². The number of hydrogen-bond acceptors (Lipinski definition) is 3. The molecule has 0 aliphatic heterocycles. The lowest BCUT2D eigenvalue weighted by Gasteiger charge is -2.29. The fraction of sp³-hybridized carbons (Fsp3) is 0.562. The molecular formula is C16H23ClN2O3. The van der Waals surface area contributed by atoms with E-state index in [0.717, 1.165) is 19.3 Å². The molecular weight excluding hydrogens is 304 g/mol. The molecule has 0 radical (unpaired) electrons. The molecule has 1 aromatic carbocycles. The molecule has 2 amide bonds. The van der Waals surface area contributed by atoms with Crippen LogP contribution in [0.15, 0.2) is 12.1 Å². The molecule has 0 spiro atoms. The van der Waals surface area contributed by atoms with Crippen LogP contribution in [0, 0.1) is 5.92 Å². The van der Waals surface area contributed by atoms with Crippen molar-refractivity contribution in [3.8, 4) is 11.5 Å². The Morgan fingerprint density at radius 3 is 2.50 bits per heavy atom. The summed E-state index contributed by atoms with van der Waals surface area (Å²) in [5.74, 6) is 1.49. The molecule has 2 rings (SSSR count). The van der Waals surface area contributed by atoms with Gasteiger partial charge in [-0.2, -0.15) is 0 Å². The number of carbonyl (C=O) groups is 1. The number of ether oxygens (including phenoxy) is 2. The van der Waals surface area contributed by atoms with Crippen LogP contribution in [-0.4, -0.2) is 26.3 Å². The zero-order valence-corrected chi connectivity index (χ0v) is 14.0. The number of halogens is 1. The van der Waals surface area contributed by atoms with E-state index in [1.807, 2.05) is 0 Å². The number of methoxy groups -OCH3 is 2.